The third-order valence-electron chi connectivity index (χ3n) is 3.32. The molecule has 0 radical (unpaired) electrons. The van der Waals surface area contributed by atoms with Gasteiger partial charge in [0.05, 0.1) is 0 Å². The monoisotopic (exact) mass is 271 g/mol. The second-order valence-corrected chi connectivity index (χ2v) is 4.99. The summed E-state index contributed by atoms with van der Waals surface area (Å²) in [6.45, 7) is 0. The van der Waals surface area contributed by atoms with E-state index in [-0.39, 0.29) is 5.91 Å². The van der Waals surface area contributed by atoms with Crippen LogP contribution in [0.5, 0.6) is 5.75 Å². The topological polar surface area (TPSA) is 49.3 Å². The fraction of sp³-hybridized carbons (Fsp3) is 0.188. The van der Waals surface area contributed by atoms with Gasteiger partial charge in [-0.2, -0.15) is 0 Å². The summed E-state index contributed by atoms with van der Waals surface area (Å²) < 4.78 is 13.1. The number of phenolic OH excluding ortho intramolecular Hbond substituents is 1. The van der Waals surface area contributed by atoms with Gasteiger partial charge >= 0.3 is 0 Å². The van der Waals surface area contributed by atoms with E-state index in [1.165, 1.54) is 12.1 Å². The number of nitrogens with one attached hydrogen (secondary N) is 1. The summed E-state index contributed by atoms with van der Waals surface area (Å²) in [7, 11) is 0. The second-order valence-electron chi connectivity index (χ2n) is 4.99. The highest BCUT2D eigenvalue weighted by atomic mass is 19.1. The minimum atomic E-state index is -0.656. The summed E-state index contributed by atoms with van der Waals surface area (Å²) >= 11 is 0. The highest BCUT2D eigenvalue weighted by Gasteiger charge is 2.23. The molecule has 1 aliphatic carbocycles. The van der Waals surface area contributed by atoms with Crippen LogP contribution in [0.2, 0.25) is 0 Å². The SMILES string of the molecule is O=C(NC1CC1)c1cccc(-c2ccc(F)c(O)c2)c1. The van der Waals surface area contributed by atoms with Crippen molar-refractivity contribution < 1.29 is 14.3 Å². The van der Waals surface area contributed by atoms with E-state index < -0.39 is 11.6 Å². The van der Waals surface area contributed by atoms with Crippen LogP contribution in [0, 0.1) is 5.82 Å². The van der Waals surface area contributed by atoms with E-state index in [9.17, 15) is 14.3 Å². The molecule has 0 aliphatic heterocycles. The van der Waals surface area contributed by atoms with Crippen molar-refractivity contribution in [3.05, 3.63) is 53.8 Å². The molecule has 3 nitrogen and oxygen atoms in total. The Hall–Kier alpha value is -2.36. The van der Waals surface area contributed by atoms with Crippen LogP contribution >= 0.6 is 0 Å². The predicted molar refractivity (Wildman–Crippen MR) is 74.0 cm³/mol. The second kappa shape index (κ2) is 4.96. The number of phenols is 1. The zero-order valence-corrected chi connectivity index (χ0v) is 10.8. The number of benzene rings is 2. The fourth-order valence-electron chi connectivity index (χ4n) is 2.03. The number of amides is 1. The van der Waals surface area contributed by atoms with Gasteiger partial charge in [-0.1, -0.05) is 18.2 Å². The quantitative estimate of drug-likeness (QED) is 0.901. The zero-order chi connectivity index (χ0) is 14.1. The first kappa shape index (κ1) is 12.7. The molecule has 0 unspecified atom stereocenters. The van der Waals surface area contributed by atoms with Crippen molar-refractivity contribution in [2.24, 2.45) is 0 Å². The zero-order valence-electron chi connectivity index (χ0n) is 10.8. The van der Waals surface area contributed by atoms with Gasteiger partial charge in [-0.05, 0) is 48.2 Å². The first-order valence-electron chi connectivity index (χ1n) is 6.53. The molecule has 4 heteroatoms. The van der Waals surface area contributed by atoms with E-state index in [0.717, 1.165) is 18.4 Å². The largest absolute Gasteiger partial charge is 0.505 e. The van der Waals surface area contributed by atoms with Crippen molar-refractivity contribution in [1.29, 1.82) is 0 Å². The summed E-state index contributed by atoms with van der Waals surface area (Å²) in [4.78, 5) is 12.0. The van der Waals surface area contributed by atoms with Gasteiger partial charge < -0.3 is 10.4 Å². The fourth-order valence-corrected chi connectivity index (χ4v) is 2.03. The van der Waals surface area contributed by atoms with E-state index in [1.807, 2.05) is 6.07 Å². The Kier molecular flexibility index (Phi) is 3.14. The first-order chi connectivity index (χ1) is 9.63. The lowest BCUT2D eigenvalue weighted by Gasteiger charge is -2.07. The molecule has 102 valence electrons. The average molecular weight is 271 g/mol. The molecule has 2 aromatic carbocycles. The van der Waals surface area contributed by atoms with Crippen LogP contribution in [0.1, 0.15) is 23.2 Å². The van der Waals surface area contributed by atoms with Gasteiger partial charge in [-0.3, -0.25) is 4.79 Å². The molecule has 0 saturated heterocycles. The molecule has 1 saturated carbocycles. The van der Waals surface area contributed by atoms with Crippen molar-refractivity contribution in [2.75, 3.05) is 0 Å². The molecule has 2 aromatic rings. The van der Waals surface area contributed by atoms with Crippen molar-refractivity contribution in [1.82, 2.24) is 5.32 Å². The summed E-state index contributed by atoms with van der Waals surface area (Å²) in [5, 5.41) is 12.3. The molecule has 0 spiro atoms. The molecule has 1 fully saturated rings. The van der Waals surface area contributed by atoms with Gasteiger partial charge in [0.15, 0.2) is 11.6 Å². The highest BCUT2D eigenvalue weighted by Crippen LogP contribution is 2.26. The Morgan fingerprint density at radius 3 is 2.60 bits per heavy atom. The van der Waals surface area contributed by atoms with E-state index in [0.29, 0.717) is 17.2 Å². The smallest absolute Gasteiger partial charge is 0.251 e. The third kappa shape index (κ3) is 2.64. The highest BCUT2D eigenvalue weighted by molar-refractivity contribution is 5.95. The van der Waals surface area contributed by atoms with Gasteiger partial charge in [0.25, 0.3) is 5.91 Å². The van der Waals surface area contributed by atoms with Crippen LogP contribution in [0.4, 0.5) is 4.39 Å². The maximum atomic E-state index is 13.1. The van der Waals surface area contributed by atoms with Crippen LogP contribution in [0.15, 0.2) is 42.5 Å². The molecule has 0 bridgehead atoms. The Morgan fingerprint density at radius 2 is 1.90 bits per heavy atom. The lowest BCUT2D eigenvalue weighted by Crippen LogP contribution is -2.25. The van der Waals surface area contributed by atoms with Crippen LogP contribution in [-0.4, -0.2) is 17.1 Å². The summed E-state index contributed by atoms with van der Waals surface area (Å²) in [5.41, 5.74) is 2.01. The molecule has 20 heavy (non-hydrogen) atoms. The Balaban J connectivity index is 1.89. The Bertz CT molecular complexity index is 665. The predicted octanol–water partition coefficient (Wildman–Crippen LogP) is 3.09. The van der Waals surface area contributed by atoms with Crippen molar-refractivity contribution in [2.45, 2.75) is 18.9 Å². The maximum Gasteiger partial charge on any atom is 0.251 e. The molecule has 1 amide bonds. The number of carbonyl (C=O) groups excluding carboxylic acids is 1. The van der Waals surface area contributed by atoms with Crippen molar-refractivity contribution in [3.63, 3.8) is 0 Å². The summed E-state index contributed by atoms with van der Waals surface area (Å²) in [6.07, 6.45) is 2.08. The summed E-state index contributed by atoms with van der Waals surface area (Å²) in [6, 6.07) is 11.5. The van der Waals surface area contributed by atoms with Gasteiger partial charge in [0, 0.05) is 11.6 Å². The van der Waals surface area contributed by atoms with Crippen LogP contribution < -0.4 is 5.32 Å². The molecule has 2 N–H and O–H groups in total. The van der Waals surface area contributed by atoms with Crippen LogP contribution in [0.3, 0.4) is 0 Å². The van der Waals surface area contributed by atoms with Crippen molar-refractivity contribution in [3.8, 4) is 16.9 Å². The third-order valence-corrected chi connectivity index (χ3v) is 3.32. The minimum Gasteiger partial charge on any atom is -0.505 e. The lowest BCUT2D eigenvalue weighted by atomic mass is 10.0. The number of carbonyl (C=O) groups is 1. The standard InChI is InChI=1S/C16H14FNO2/c17-14-7-4-11(9-15(14)19)10-2-1-3-12(8-10)16(20)18-13-5-6-13/h1-4,7-9,13,19H,5-6H2,(H,18,20). The number of hydrogen-bond acceptors (Lipinski definition) is 2. The molecular weight excluding hydrogens is 257 g/mol. The number of rotatable bonds is 3. The van der Waals surface area contributed by atoms with Gasteiger partial charge in [0.2, 0.25) is 0 Å². The van der Waals surface area contributed by atoms with E-state index >= 15 is 0 Å². The average Bonchev–Trinajstić information content (AvgIpc) is 3.26. The van der Waals surface area contributed by atoms with Gasteiger partial charge in [-0.15, -0.1) is 0 Å². The van der Waals surface area contributed by atoms with Crippen LogP contribution in [-0.2, 0) is 0 Å². The number of hydrogen-bond donors (Lipinski definition) is 2. The normalized spacial score (nSPS) is 14.1. The number of aromatic hydroxyl groups is 1. The molecule has 0 heterocycles. The van der Waals surface area contributed by atoms with Gasteiger partial charge in [0.1, 0.15) is 0 Å². The van der Waals surface area contributed by atoms with E-state index in [1.54, 1.807) is 24.3 Å². The van der Waals surface area contributed by atoms with E-state index in [2.05, 4.69) is 5.32 Å². The van der Waals surface area contributed by atoms with E-state index in [4.69, 9.17) is 0 Å². The number of halogens is 1. The van der Waals surface area contributed by atoms with Gasteiger partial charge in [-0.25, -0.2) is 4.39 Å². The molecule has 1 aliphatic rings. The van der Waals surface area contributed by atoms with Crippen molar-refractivity contribution >= 4 is 5.91 Å². The molecule has 0 atom stereocenters. The minimum absolute atomic E-state index is 0.0966. The molecular formula is C16H14FNO2. The maximum absolute atomic E-state index is 13.1. The Morgan fingerprint density at radius 1 is 1.15 bits per heavy atom. The summed E-state index contributed by atoms with van der Waals surface area (Å²) in [5.74, 6) is -1.15. The van der Waals surface area contributed by atoms with Crippen LogP contribution in [0.25, 0.3) is 11.1 Å². The Labute approximate surface area is 116 Å². The molecule has 3 rings (SSSR count). The lowest BCUT2D eigenvalue weighted by molar-refractivity contribution is 0.0951. The first-order valence-corrected chi connectivity index (χ1v) is 6.53. The molecule has 0 aromatic heterocycles.